The summed E-state index contributed by atoms with van der Waals surface area (Å²) in [6, 6.07) is 25.3. The van der Waals surface area contributed by atoms with Crippen molar-refractivity contribution in [2.24, 2.45) is 0 Å². The Morgan fingerprint density at radius 2 is 1.55 bits per heavy atom. The first-order valence-corrected chi connectivity index (χ1v) is 11.8. The molecule has 0 atom stereocenters. The maximum absolute atomic E-state index is 13.2. The number of aryl methyl sites for hydroxylation is 1. The number of benzene rings is 3. The van der Waals surface area contributed by atoms with E-state index in [1.54, 1.807) is 0 Å². The third-order valence-electron chi connectivity index (χ3n) is 6.95. The molecule has 1 aliphatic carbocycles. The lowest BCUT2D eigenvalue weighted by molar-refractivity contribution is -0.929. The smallest absolute Gasteiger partial charge is 0.256 e. The van der Waals surface area contributed by atoms with E-state index in [2.05, 4.69) is 31.5 Å². The van der Waals surface area contributed by atoms with Crippen LogP contribution >= 0.6 is 0 Å². The number of amides is 1. The first-order valence-electron chi connectivity index (χ1n) is 11.8. The van der Waals surface area contributed by atoms with Gasteiger partial charge in [0.25, 0.3) is 5.91 Å². The molecule has 0 aromatic heterocycles. The largest absolute Gasteiger partial charge is 1.00 e. The molecule has 1 amide bonds. The quantitative estimate of drug-likeness (QED) is 0.554. The fourth-order valence-electron chi connectivity index (χ4n) is 5.09. The molecule has 1 saturated carbocycles. The minimum Gasteiger partial charge on any atom is -1.00 e. The highest BCUT2D eigenvalue weighted by molar-refractivity contribution is 6.09. The van der Waals surface area contributed by atoms with E-state index in [1.165, 1.54) is 37.7 Å². The van der Waals surface area contributed by atoms with Crippen LogP contribution in [0.4, 0.5) is 5.69 Å². The van der Waals surface area contributed by atoms with Crippen molar-refractivity contribution < 1.29 is 21.7 Å². The second kappa shape index (κ2) is 11.0. The fraction of sp³-hybridized carbons (Fsp3) is 0.345. The van der Waals surface area contributed by atoms with Crippen LogP contribution in [0, 0.1) is 6.92 Å². The first kappa shape index (κ1) is 25.0. The topological polar surface area (TPSA) is 29.1 Å². The molecule has 0 heterocycles. The summed E-state index contributed by atoms with van der Waals surface area (Å²) in [6.45, 7) is 3.02. The molecule has 0 radical (unpaired) electrons. The lowest BCUT2D eigenvalue weighted by atomic mass is 9.92. The van der Waals surface area contributed by atoms with Crippen molar-refractivity contribution >= 4 is 11.6 Å². The molecule has 1 aliphatic rings. The molecule has 1 N–H and O–H groups in total. The van der Waals surface area contributed by atoms with Gasteiger partial charge in [-0.15, -0.1) is 0 Å². The number of carbonyl (C=O) groups excluding carboxylic acids is 1. The summed E-state index contributed by atoms with van der Waals surface area (Å²) in [5, 5.41) is 3.12. The number of nitrogens with zero attached hydrogens (tertiary/aromatic N) is 1. The maximum Gasteiger partial charge on any atom is 0.256 e. The van der Waals surface area contributed by atoms with E-state index in [9.17, 15) is 4.79 Å². The van der Waals surface area contributed by atoms with Crippen LogP contribution in [0.3, 0.4) is 0 Å². The molecule has 3 aromatic rings. The zero-order valence-corrected chi connectivity index (χ0v) is 20.7. The molecule has 4 rings (SSSR count). The Kier molecular flexibility index (Phi) is 8.34. The van der Waals surface area contributed by atoms with Crippen LogP contribution in [0.2, 0.25) is 0 Å². The van der Waals surface area contributed by atoms with Gasteiger partial charge in [0.1, 0.15) is 6.54 Å². The monoisotopic (exact) mass is 462 g/mol. The second-order valence-corrected chi connectivity index (χ2v) is 9.74. The predicted molar refractivity (Wildman–Crippen MR) is 134 cm³/mol. The lowest BCUT2D eigenvalue weighted by Crippen LogP contribution is -3.00. The van der Waals surface area contributed by atoms with Crippen molar-refractivity contribution in [1.29, 1.82) is 0 Å². The van der Waals surface area contributed by atoms with E-state index in [1.807, 2.05) is 67.6 Å². The zero-order chi connectivity index (χ0) is 22.6. The number of rotatable bonds is 6. The molecule has 1 fully saturated rings. The fourth-order valence-corrected chi connectivity index (χ4v) is 5.09. The Bertz CT molecular complexity index is 1050. The molecule has 3 nitrogen and oxygen atoms in total. The molecule has 4 heteroatoms. The molecule has 0 aliphatic heterocycles. The average molecular weight is 463 g/mol. The van der Waals surface area contributed by atoms with Gasteiger partial charge >= 0.3 is 0 Å². The third kappa shape index (κ3) is 6.04. The normalized spacial score (nSPS) is 14.4. The molecule has 0 spiro atoms. The van der Waals surface area contributed by atoms with Crippen molar-refractivity contribution in [1.82, 2.24) is 0 Å². The number of anilines is 1. The summed E-state index contributed by atoms with van der Waals surface area (Å²) in [5.41, 5.74) is 5.89. The summed E-state index contributed by atoms with van der Waals surface area (Å²) in [5.74, 6) is -0.0620. The van der Waals surface area contributed by atoms with Crippen LogP contribution in [0.1, 0.15) is 53.6 Å². The molecule has 0 bridgehead atoms. The van der Waals surface area contributed by atoms with Crippen LogP contribution in [-0.4, -0.2) is 30.5 Å². The van der Waals surface area contributed by atoms with Gasteiger partial charge in [-0.05, 0) is 61.4 Å². The SMILES string of the molecule is Cc1cccc(-c2ccccc2)c1C(=O)Nc1ccc(C[N+](C)(C)C2CCCCC2)cc1.[Cl-]. The van der Waals surface area contributed by atoms with Gasteiger partial charge in [0.05, 0.1) is 25.7 Å². The van der Waals surface area contributed by atoms with E-state index >= 15 is 0 Å². The molecule has 3 aromatic carbocycles. The van der Waals surface area contributed by atoms with Crippen LogP contribution in [-0.2, 0) is 6.54 Å². The van der Waals surface area contributed by atoms with Gasteiger partial charge in [0.15, 0.2) is 0 Å². The minimum absolute atomic E-state index is 0. The van der Waals surface area contributed by atoms with Crippen molar-refractivity contribution in [2.75, 3.05) is 19.4 Å². The molecular formula is C29H35ClN2O. The second-order valence-electron chi connectivity index (χ2n) is 9.74. The predicted octanol–water partition coefficient (Wildman–Crippen LogP) is 3.83. The lowest BCUT2D eigenvalue weighted by Gasteiger charge is -2.40. The number of halogens is 1. The Balaban J connectivity index is 0.00000306. The Morgan fingerprint density at radius 1 is 0.879 bits per heavy atom. The van der Waals surface area contributed by atoms with Crippen LogP contribution in [0.25, 0.3) is 11.1 Å². The van der Waals surface area contributed by atoms with E-state index < -0.39 is 0 Å². The van der Waals surface area contributed by atoms with E-state index in [0.29, 0.717) is 0 Å². The van der Waals surface area contributed by atoms with Gasteiger partial charge in [-0.3, -0.25) is 4.79 Å². The van der Waals surface area contributed by atoms with Gasteiger partial charge in [0, 0.05) is 11.3 Å². The van der Waals surface area contributed by atoms with Crippen LogP contribution < -0.4 is 17.7 Å². The van der Waals surface area contributed by atoms with Crippen molar-refractivity contribution in [3.63, 3.8) is 0 Å². The Morgan fingerprint density at radius 3 is 2.21 bits per heavy atom. The van der Waals surface area contributed by atoms with Gasteiger partial charge in [-0.1, -0.05) is 67.1 Å². The number of quaternary nitrogens is 1. The highest BCUT2D eigenvalue weighted by atomic mass is 35.5. The minimum atomic E-state index is -0.0620. The number of nitrogens with one attached hydrogen (secondary N) is 1. The molecule has 33 heavy (non-hydrogen) atoms. The molecule has 0 unspecified atom stereocenters. The highest BCUT2D eigenvalue weighted by Crippen LogP contribution is 2.29. The van der Waals surface area contributed by atoms with Crippen molar-refractivity contribution in [2.45, 2.75) is 51.6 Å². The molecule has 0 saturated heterocycles. The Hall–Kier alpha value is -2.62. The standard InChI is InChI=1S/C29H34N2O.ClH/c1-22-11-10-16-27(24-12-6-4-7-13-24)28(22)29(32)30-25-19-17-23(18-20-25)21-31(2,3)26-14-8-5-9-15-26;/h4,6-7,10-13,16-20,26H,5,8-9,14-15,21H2,1-3H3;1H. The first-order chi connectivity index (χ1) is 15.4. The Labute approximate surface area is 204 Å². The summed E-state index contributed by atoms with van der Waals surface area (Å²) in [4.78, 5) is 13.2. The van der Waals surface area contributed by atoms with E-state index in [-0.39, 0.29) is 18.3 Å². The van der Waals surface area contributed by atoms with Crippen molar-refractivity contribution in [3.05, 3.63) is 89.5 Å². The van der Waals surface area contributed by atoms with Crippen LogP contribution in [0.5, 0.6) is 0 Å². The average Bonchev–Trinajstić information content (AvgIpc) is 2.81. The summed E-state index contributed by atoms with van der Waals surface area (Å²) < 4.78 is 1.04. The van der Waals surface area contributed by atoms with Gasteiger partial charge < -0.3 is 22.2 Å². The molecular weight excluding hydrogens is 428 g/mol. The zero-order valence-electron chi connectivity index (χ0n) is 20.0. The number of hydrogen-bond acceptors (Lipinski definition) is 1. The number of hydrogen-bond donors (Lipinski definition) is 1. The van der Waals surface area contributed by atoms with Gasteiger partial charge in [-0.2, -0.15) is 0 Å². The summed E-state index contributed by atoms with van der Waals surface area (Å²) >= 11 is 0. The summed E-state index contributed by atoms with van der Waals surface area (Å²) in [6.07, 6.45) is 6.78. The van der Waals surface area contributed by atoms with E-state index in [0.717, 1.165) is 45.0 Å². The highest BCUT2D eigenvalue weighted by Gasteiger charge is 2.29. The molecule has 174 valence electrons. The van der Waals surface area contributed by atoms with Gasteiger partial charge in [-0.25, -0.2) is 0 Å². The number of carbonyl (C=O) groups is 1. The van der Waals surface area contributed by atoms with Crippen molar-refractivity contribution in [3.8, 4) is 11.1 Å². The maximum atomic E-state index is 13.2. The third-order valence-corrected chi connectivity index (χ3v) is 6.95. The van der Waals surface area contributed by atoms with Gasteiger partial charge in [0.2, 0.25) is 0 Å². The van der Waals surface area contributed by atoms with Crippen LogP contribution in [0.15, 0.2) is 72.8 Å². The summed E-state index contributed by atoms with van der Waals surface area (Å²) in [7, 11) is 4.71. The van der Waals surface area contributed by atoms with E-state index in [4.69, 9.17) is 0 Å².